The first-order valence-electron chi connectivity index (χ1n) is 9.01. The van der Waals surface area contributed by atoms with Crippen molar-refractivity contribution in [3.05, 3.63) is 0 Å². The van der Waals surface area contributed by atoms with Gasteiger partial charge in [0.2, 0.25) is 0 Å². The van der Waals surface area contributed by atoms with Crippen LogP contribution in [0.3, 0.4) is 0 Å². The molecular weight excluding hydrogens is 248 g/mol. The number of hydrogen-bond acceptors (Lipinski definition) is 2. The van der Waals surface area contributed by atoms with Gasteiger partial charge in [0.25, 0.3) is 0 Å². The van der Waals surface area contributed by atoms with Crippen molar-refractivity contribution in [2.24, 2.45) is 0 Å². The molecule has 0 radical (unpaired) electrons. The molecule has 20 heavy (non-hydrogen) atoms. The molecule has 0 aliphatic heterocycles. The molecule has 0 aromatic carbocycles. The second kappa shape index (κ2) is 24.0. The van der Waals surface area contributed by atoms with Crippen LogP contribution in [-0.4, -0.2) is 24.9 Å². The lowest BCUT2D eigenvalue weighted by Gasteiger charge is -2.03. The third kappa shape index (κ3) is 26.5. The SMILES string of the molecule is CCCCCCO.CCCCCCOCCCCCC. The van der Waals surface area contributed by atoms with Gasteiger partial charge in [0, 0.05) is 19.8 Å². The molecule has 0 aromatic heterocycles. The van der Waals surface area contributed by atoms with E-state index in [1.807, 2.05) is 0 Å². The van der Waals surface area contributed by atoms with E-state index in [-0.39, 0.29) is 0 Å². The summed E-state index contributed by atoms with van der Waals surface area (Å²) in [5.41, 5.74) is 0. The van der Waals surface area contributed by atoms with Crippen molar-refractivity contribution in [3.8, 4) is 0 Å². The highest BCUT2D eigenvalue weighted by Gasteiger charge is 1.90. The molecular formula is C18H40O2. The summed E-state index contributed by atoms with van der Waals surface area (Å²) in [7, 11) is 0. The van der Waals surface area contributed by atoms with Gasteiger partial charge >= 0.3 is 0 Å². The molecule has 1 N–H and O–H groups in total. The largest absolute Gasteiger partial charge is 0.396 e. The Labute approximate surface area is 128 Å². The van der Waals surface area contributed by atoms with Crippen LogP contribution < -0.4 is 0 Å². The predicted molar refractivity (Wildman–Crippen MR) is 90.3 cm³/mol. The topological polar surface area (TPSA) is 29.5 Å². The van der Waals surface area contributed by atoms with Crippen molar-refractivity contribution in [2.45, 2.75) is 97.8 Å². The molecule has 2 heteroatoms. The molecule has 0 rings (SSSR count). The van der Waals surface area contributed by atoms with Crippen molar-refractivity contribution < 1.29 is 9.84 Å². The van der Waals surface area contributed by atoms with Crippen molar-refractivity contribution in [1.82, 2.24) is 0 Å². The van der Waals surface area contributed by atoms with E-state index in [1.165, 1.54) is 70.6 Å². The van der Waals surface area contributed by atoms with Crippen LogP contribution >= 0.6 is 0 Å². The third-order valence-electron chi connectivity index (χ3n) is 3.30. The fourth-order valence-electron chi connectivity index (χ4n) is 1.90. The van der Waals surface area contributed by atoms with Gasteiger partial charge in [-0.3, -0.25) is 0 Å². The summed E-state index contributed by atoms with van der Waals surface area (Å²) in [6.07, 6.45) is 15.2. The monoisotopic (exact) mass is 288 g/mol. The zero-order valence-corrected chi connectivity index (χ0v) is 14.5. The Hall–Kier alpha value is -0.0800. The summed E-state index contributed by atoms with van der Waals surface area (Å²) in [5.74, 6) is 0. The Bertz CT molecular complexity index is 123. The van der Waals surface area contributed by atoms with E-state index in [9.17, 15) is 0 Å². The summed E-state index contributed by atoms with van der Waals surface area (Å²) in [4.78, 5) is 0. The Morgan fingerprint density at radius 2 is 0.950 bits per heavy atom. The average Bonchev–Trinajstić information content (AvgIpc) is 2.47. The quantitative estimate of drug-likeness (QED) is 0.414. The highest BCUT2D eigenvalue weighted by atomic mass is 16.5. The third-order valence-corrected chi connectivity index (χ3v) is 3.30. The highest BCUT2D eigenvalue weighted by Crippen LogP contribution is 2.01. The van der Waals surface area contributed by atoms with Gasteiger partial charge in [0.1, 0.15) is 0 Å². The van der Waals surface area contributed by atoms with Crippen molar-refractivity contribution in [2.75, 3.05) is 19.8 Å². The molecule has 0 atom stereocenters. The van der Waals surface area contributed by atoms with Crippen molar-refractivity contribution >= 4 is 0 Å². The fraction of sp³-hybridized carbons (Fsp3) is 1.00. The fourth-order valence-corrected chi connectivity index (χ4v) is 1.90. The maximum absolute atomic E-state index is 8.29. The first kappa shape index (κ1) is 22.2. The summed E-state index contributed by atoms with van der Waals surface area (Å²) in [5, 5.41) is 8.29. The second-order valence-corrected chi connectivity index (χ2v) is 5.52. The highest BCUT2D eigenvalue weighted by molar-refractivity contribution is 4.42. The van der Waals surface area contributed by atoms with Gasteiger partial charge in [-0.1, -0.05) is 78.6 Å². The van der Waals surface area contributed by atoms with Crippen LogP contribution in [0.25, 0.3) is 0 Å². The number of ether oxygens (including phenoxy) is 1. The van der Waals surface area contributed by atoms with E-state index >= 15 is 0 Å². The van der Waals surface area contributed by atoms with E-state index in [0.717, 1.165) is 19.6 Å². The number of rotatable bonds is 14. The molecule has 0 spiro atoms. The van der Waals surface area contributed by atoms with Crippen LogP contribution in [0.2, 0.25) is 0 Å². The minimum atomic E-state index is 0.361. The number of aliphatic hydroxyl groups is 1. The van der Waals surface area contributed by atoms with Gasteiger partial charge in [-0.2, -0.15) is 0 Å². The van der Waals surface area contributed by atoms with E-state index < -0.39 is 0 Å². The van der Waals surface area contributed by atoms with Gasteiger partial charge in [-0.05, 0) is 19.3 Å². The second-order valence-electron chi connectivity index (χ2n) is 5.52. The van der Waals surface area contributed by atoms with Crippen molar-refractivity contribution in [3.63, 3.8) is 0 Å². The van der Waals surface area contributed by atoms with Crippen LogP contribution in [0.5, 0.6) is 0 Å². The molecule has 2 nitrogen and oxygen atoms in total. The van der Waals surface area contributed by atoms with E-state index in [4.69, 9.17) is 9.84 Å². The van der Waals surface area contributed by atoms with Crippen LogP contribution in [0.1, 0.15) is 97.8 Å². The maximum atomic E-state index is 8.29. The lowest BCUT2D eigenvalue weighted by atomic mass is 10.2. The lowest BCUT2D eigenvalue weighted by Crippen LogP contribution is -1.96. The molecule has 0 fully saturated rings. The zero-order valence-electron chi connectivity index (χ0n) is 14.5. The summed E-state index contributed by atoms with van der Waals surface area (Å²) in [6, 6.07) is 0. The smallest absolute Gasteiger partial charge is 0.0466 e. The molecule has 124 valence electrons. The van der Waals surface area contributed by atoms with Gasteiger partial charge in [0.05, 0.1) is 0 Å². The van der Waals surface area contributed by atoms with Crippen LogP contribution in [-0.2, 0) is 4.74 Å². The number of hydrogen-bond donors (Lipinski definition) is 1. The first-order valence-corrected chi connectivity index (χ1v) is 9.01. The van der Waals surface area contributed by atoms with E-state index in [2.05, 4.69) is 20.8 Å². The molecule has 0 aromatic rings. The lowest BCUT2D eigenvalue weighted by molar-refractivity contribution is 0.126. The van der Waals surface area contributed by atoms with Crippen LogP contribution in [0, 0.1) is 0 Å². The molecule has 0 unspecified atom stereocenters. The van der Waals surface area contributed by atoms with Gasteiger partial charge in [-0.25, -0.2) is 0 Å². The number of unbranched alkanes of at least 4 members (excludes halogenated alkanes) is 9. The van der Waals surface area contributed by atoms with E-state index in [0.29, 0.717) is 6.61 Å². The Balaban J connectivity index is 0. The Morgan fingerprint density at radius 3 is 1.30 bits per heavy atom. The van der Waals surface area contributed by atoms with Gasteiger partial charge in [0.15, 0.2) is 0 Å². The van der Waals surface area contributed by atoms with Gasteiger partial charge in [-0.15, -0.1) is 0 Å². The molecule has 0 bridgehead atoms. The standard InChI is InChI=1S/C12H26O.C6H14O/c1-3-5-7-9-11-13-12-10-8-6-4-2;1-2-3-4-5-6-7/h3-12H2,1-2H3;7H,2-6H2,1H3. The number of aliphatic hydroxyl groups excluding tert-OH is 1. The Kier molecular flexibility index (Phi) is 26.6. The summed E-state index contributed by atoms with van der Waals surface area (Å²) in [6.45, 7) is 8.97. The Morgan fingerprint density at radius 1 is 0.550 bits per heavy atom. The molecule has 0 heterocycles. The van der Waals surface area contributed by atoms with Crippen molar-refractivity contribution in [1.29, 1.82) is 0 Å². The molecule has 0 saturated heterocycles. The van der Waals surface area contributed by atoms with Gasteiger partial charge < -0.3 is 9.84 Å². The minimum Gasteiger partial charge on any atom is -0.396 e. The summed E-state index contributed by atoms with van der Waals surface area (Å²) >= 11 is 0. The normalized spacial score (nSPS) is 10.2. The average molecular weight is 289 g/mol. The first-order chi connectivity index (χ1) is 9.83. The zero-order chi connectivity index (χ0) is 15.3. The van der Waals surface area contributed by atoms with E-state index in [1.54, 1.807) is 0 Å². The predicted octanol–water partition coefficient (Wildman–Crippen LogP) is 5.72. The molecule has 0 amide bonds. The maximum Gasteiger partial charge on any atom is 0.0466 e. The van der Waals surface area contributed by atoms with Crippen LogP contribution in [0.15, 0.2) is 0 Å². The molecule has 0 saturated carbocycles. The minimum absolute atomic E-state index is 0.361. The molecule has 0 aliphatic rings. The summed E-state index contributed by atoms with van der Waals surface area (Å²) < 4.78 is 5.53. The van der Waals surface area contributed by atoms with Crippen LogP contribution in [0.4, 0.5) is 0 Å². The molecule has 0 aliphatic carbocycles.